The SMILES string of the molecule is CCN(CC)CCCNC(=O)c1c(C)[nH]c(C=C2C(=O)Nc3ccc(F)cc32)c1C. The zero-order chi connectivity index (χ0) is 21.8. The van der Waals surface area contributed by atoms with Crippen LogP contribution in [0.15, 0.2) is 18.2 Å². The number of anilines is 1. The summed E-state index contributed by atoms with van der Waals surface area (Å²) < 4.78 is 13.7. The third-order valence-electron chi connectivity index (χ3n) is 5.59. The first kappa shape index (κ1) is 21.8. The zero-order valence-corrected chi connectivity index (χ0v) is 18.0. The number of aryl methyl sites for hydroxylation is 1. The minimum Gasteiger partial charge on any atom is -0.358 e. The van der Waals surface area contributed by atoms with Crippen LogP contribution in [0, 0.1) is 19.7 Å². The van der Waals surface area contributed by atoms with Gasteiger partial charge in [0.05, 0.1) is 11.1 Å². The third-order valence-corrected chi connectivity index (χ3v) is 5.59. The highest BCUT2D eigenvalue weighted by atomic mass is 19.1. The molecule has 0 bridgehead atoms. The molecule has 2 aromatic rings. The molecule has 2 heterocycles. The lowest BCUT2D eigenvalue weighted by Crippen LogP contribution is -2.30. The molecule has 2 amide bonds. The molecule has 1 aromatic heterocycles. The highest BCUT2D eigenvalue weighted by Gasteiger charge is 2.26. The number of carbonyl (C=O) groups is 2. The first-order valence-electron chi connectivity index (χ1n) is 10.4. The topological polar surface area (TPSA) is 77.2 Å². The number of aromatic amines is 1. The van der Waals surface area contributed by atoms with Gasteiger partial charge in [-0.1, -0.05) is 13.8 Å². The fourth-order valence-electron chi connectivity index (χ4n) is 3.84. The number of nitrogens with zero attached hydrogens (tertiary/aromatic N) is 1. The van der Waals surface area contributed by atoms with Gasteiger partial charge in [0.2, 0.25) is 0 Å². The largest absolute Gasteiger partial charge is 0.358 e. The number of carbonyl (C=O) groups excluding carboxylic acids is 2. The van der Waals surface area contributed by atoms with Crippen molar-refractivity contribution >= 4 is 29.2 Å². The number of hydrogen-bond donors (Lipinski definition) is 3. The molecule has 0 unspecified atom stereocenters. The number of halogens is 1. The van der Waals surface area contributed by atoms with Crippen molar-refractivity contribution in [1.82, 2.24) is 15.2 Å². The summed E-state index contributed by atoms with van der Waals surface area (Å²) in [7, 11) is 0. The van der Waals surface area contributed by atoms with Crippen molar-refractivity contribution in [3.05, 3.63) is 52.1 Å². The van der Waals surface area contributed by atoms with Gasteiger partial charge in [0.1, 0.15) is 5.82 Å². The van der Waals surface area contributed by atoms with Gasteiger partial charge in [-0.15, -0.1) is 0 Å². The number of nitrogens with one attached hydrogen (secondary N) is 3. The standard InChI is InChI=1S/C23H29FN4O2/c1-5-28(6-2)11-7-10-25-23(30)21-14(3)20(26-15(21)4)13-18-17-12-16(24)8-9-19(17)27-22(18)29/h8-9,12-13,26H,5-7,10-11H2,1-4H3,(H,25,30)(H,27,29). The first-order chi connectivity index (χ1) is 14.3. The fourth-order valence-corrected chi connectivity index (χ4v) is 3.84. The van der Waals surface area contributed by atoms with Gasteiger partial charge in [-0.3, -0.25) is 9.59 Å². The van der Waals surface area contributed by atoms with Crippen LogP contribution in [0.4, 0.5) is 10.1 Å². The molecule has 0 radical (unpaired) electrons. The molecular weight excluding hydrogens is 383 g/mol. The van der Waals surface area contributed by atoms with E-state index in [1.54, 1.807) is 12.1 Å². The van der Waals surface area contributed by atoms with Crippen LogP contribution in [-0.4, -0.2) is 47.9 Å². The molecule has 160 valence electrons. The summed E-state index contributed by atoms with van der Waals surface area (Å²) in [6, 6.07) is 4.20. The predicted octanol–water partition coefficient (Wildman–Crippen LogP) is 3.73. The Hall–Kier alpha value is -2.93. The second kappa shape index (κ2) is 9.26. The lowest BCUT2D eigenvalue weighted by atomic mass is 10.0. The van der Waals surface area contributed by atoms with Crippen LogP contribution in [0.5, 0.6) is 0 Å². The maximum Gasteiger partial charge on any atom is 0.256 e. The Kier molecular flexibility index (Phi) is 6.72. The number of amides is 2. The number of fused-ring (bicyclic) bond motifs is 1. The first-order valence-corrected chi connectivity index (χ1v) is 10.4. The normalized spacial score (nSPS) is 14.3. The van der Waals surface area contributed by atoms with E-state index in [-0.39, 0.29) is 11.8 Å². The quantitative estimate of drug-likeness (QED) is 0.457. The summed E-state index contributed by atoms with van der Waals surface area (Å²) in [4.78, 5) is 30.6. The Morgan fingerprint density at radius 3 is 2.67 bits per heavy atom. The lowest BCUT2D eigenvalue weighted by Gasteiger charge is -2.17. The highest BCUT2D eigenvalue weighted by Crippen LogP contribution is 2.34. The van der Waals surface area contributed by atoms with E-state index in [1.807, 2.05) is 13.8 Å². The van der Waals surface area contributed by atoms with E-state index in [9.17, 15) is 14.0 Å². The molecule has 30 heavy (non-hydrogen) atoms. The monoisotopic (exact) mass is 412 g/mol. The molecule has 0 saturated carbocycles. The molecule has 1 aliphatic rings. The summed E-state index contributed by atoms with van der Waals surface area (Å²) in [6.07, 6.45) is 2.56. The van der Waals surface area contributed by atoms with E-state index in [0.29, 0.717) is 34.6 Å². The van der Waals surface area contributed by atoms with Crippen molar-refractivity contribution in [2.75, 3.05) is 31.5 Å². The minimum atomic E-state index is -0.402. The van der Waals surface area contributed by atoms with Crippen LogP contribution in [0.1, 0.15) is 53.1 Å². The fraction of sp³-hybridized carbons (Fsp3) is 0.391. The van der Waals surface area contributed by atoms with E-state index in [4.69, 9.17) is 0 Å². The van der Waals surface area contributed by atoms with E-state index in [2.05, 4.69) is 34.4 Å². The van der Waals surface area contributed by atoms with Crippen LogP contribution in [-0.2, 0) is 4.79 Å². The Labute approximate surface area is 176 Å². The van der Waals surface area contributed by atoms with Crippen LogP contribution < -0.4 is 10.6 Å². The smallest absolute Gasteiger partial charge is 0.256 e. The van der Waals surface area contributed by atoms with Gasteiger partial charge in [-0.2, -0.15) is 0 Å². The number of H-pyrrole nitrogens is 1. The van der Waals surface area contributed by atoms with Crippen molar-refractivity contribution < 1.29 is 14.0 Å². The van der Waals surface area contributed by atoms with Gasteiger partial charge >= 0.3 is 0 Å². The molecule has 0 spiro atoms. The van der Waals surface area contributed by atoms with Gasteiger partial charge in [0, 0.05) is 29.2 Å². The van der Waals surface area contributed by atoms with Crippen LogP contribution >= 0.6 is 0 Å². The molecule has 1 aromatic carbocycles. The van der Waals surface area contributed by atoms with Gasteiger partial charge in [0.15, 0.2) is 0 Å². The van der Waals surface area contributed by atoms with E-state index in [1.165, 1.54) is 12.1 Å². The minimum absolute atomic E-state index is 0.132. The van der Waals surface area contributed by atoms with Gasteiger partial charge in [0.25, 0.3) is 11.8 Å². The van der Waals surface area contributed by atoms with Crippen LogP contribution in [0.3, 0.4) is 0 Å². The molecule has 1 aliphatic heterocycles. The van der Waals surface area contributed by atoms with Crippen molar-refractivity contribution in [2.24, 2.45) is 0 Å². The summed E-state index contributed by atoms with van der Waals surface area (Å²) in [5.74, 6) is -0.822. The third kappa shape index (κ3) is 4.46. The van der Waals surface area contributed by atoms with Gasteiger partial charge in [-0.05, 0) is 69.7 Å². The highest BCUT2D eigenvalue weighted by molar-refractivity contribution is 6.34. The average molecular weight is 413 g/mol. The van der Waals surface area contributed by atoms with Crippen molar-refractivity contribution in [2.45, 2.75) is 34.1 Å². The molecular formula is C23H29FN4O2. The summed E-state index contributed by atoms with van der Waals surface area (Å²) >= 11 is 0. The Morgan fingerprint density at radius 1 is 1.23 bits per heavy atom. The molecule has 0 saturated heterocycles. The van der Waals surface area contributed by atoms with Crippen molar-refractivity contribution in [3.8, 4) is 0 Å². The van der Waals surface area contributed by atoms with Gasteiger partial charge < -0.3 is 20.5 Å². The van der Waals surface area contributed by atoms with E-state index in [0.717, 1.165) is 37.3 Å². The molecule has 0 aliphatic carbocycles. The number of benzene rings is 1. The number of aromatic nitrogens is 1. The van der Waals surface area contributed by atoms with E-state index < -0.39 is 5.82 Å². The lowest BCUT2D eigenvalue weighted by molar-refractivity contribution is -0.110. The van der Waals surface area contributed by atoms with Gasteiger partial charge in [-0.25, -0.2) is 4.39 Å². The van der Waals surface area contributed by atoms with E-state index >= 15 is 0 Å². The second-order valence-corrected chi connectivity index (χ2v) is 7.50. The zero-order valence-electron chi connectivity index (χ0n) is 18.0. The van der Waals surface area contributed by atoms with Crippen molar-refractivity contribution in [3.63, 3.8) is 0 Å². The molecule has 0 fully saturated rings. The Balaban J connectivity index is 1.76. The molecule has 0 atom stereocenters. The maximum absolute atomic E-state index is 13.7. The summed E-state index contributed by atoms with van der Waals surface area (Å²) in [5.41, 5.74) is 4.23. The maximum atomic E-state index is 13.7. The molecule has 6 nitrogen and oxygen atoms in total. The van der Waals surface area contributed by atoms with Crippen LogP contribution in [0.25, 0.3) is 11.6 Å². The Morgan fingerprint density at radius 2 is 1.97 bits per heavy atom. The van der Waals surface area contributed by atoms with Crippen LogP contribution in [0.2, 0.25) is 0 Å². The summed E-state index contributed by atoms with van der Waals surface area (Å²) in [5, 5.41) is 5.73. The number of rotatable bonds is 8. The summed E-state index contributed by atoms with van der Waals surface area (Å²) in [6.45, 7) is 11.5. The Bertz CT molecular complexity index is 989. The number of hydrogen-bond acceptors (Lipinski definition) is 3. The second-order valence-electron chi connectivity index (χ2n) is 7.50. The molecule has 3 rings (SSSR count). The average Bonchev–Trinajstić information content (AvgIpc) is 3.17. The van der Waals surface area contributed by atoms with Crippen molar-refractivity contribution in [1.29, 1.82) is 0 Å². The molecule has 3 N–H and O–H groups in total. The molecule has 7 heteroatoms. The predicted molar refractivity (Wildman–Crippen MR) is 118 cm³/mol.